The van der Waals surface area contributed by atoms with Gasteiger partial charge in [-0.15, -0.1) is 0 Å². The number of amides is 2. The lowest BCUT2D eigenvalue weighted by Crippen LogP contribution is -2.18. The number of nitrogens with zero attached hydrogens (tertiary/aromatic N) is 3. The molecule has 1 aliphatic rings. The molecule has 1 aromatic heterocycles. The molecule has 7 nitrogen and oxygen atoms in total. The topological polar surface area (TPSA) is 87.2 Å². The molecule has 4 rings (SSSR count). The zero-order valence-electron chi connectivity index (χ0n) is 15.3. The summed E-state index contributed by atoms with van der Waals surface area (Å²) in [6.45, 7) is 2.25. The van der Waals surface area contributed by atoms with Crippen molar-refractivity contribution in [3.63, 3.8) is 0 Å². The summed E-state index contributed by atoms with van der Waals surface area (Å²) >= 11 is 0. The Balaban J connectivity index is 1.54. The van der Waals surface area contributed by atoms with Gasteiger partial charge in [0.15, 0.2) is 0 Å². The van der Waals surface area contributed by atoms with Crippen LogP contribution in [0.25, 0.3) is 0 Å². The van der Waals surface area contributed by atoms with Crippen LogP contribution in [0.2, 0.25) is 0 Å². The normalized spacial score (nSPS) is 12.4. The number of anilines is 4. The van der Waals surface area contributed by atoms with E-state index in [1.165, 1.54) is 18.8 Å². The molecule has 140 valence electrons. The second-order valence-electron chi connectivity index (χ2n) is 6.51. The molecule has 2 amide bonds. The fraction of sp³-hybridized carbons (Fsp3) is 0.143. The first-order valence-corrected chi connectivity index (χ1v) is 8.96. The number of benzene rings is 2. The van der Waals surface area contributed by atoms with E-state index in [0.717, 1.165) is 18.7 Å². The number of hydrogen-bond donors (Lipinski definition) is 2. The third-order valence-corrected chi connectivity index (χ3v) is 4.49. The molecule has 0 saturated carbocycles. The molecule has 2 N–H and O–H groups in total. The standard InChI is InChI=1S/C21H19N5O2/c1-14(27)24-16-6-4-7-17(11-16)25-21(28)18-12-20(23-13-22-18)26-10-9-15-5-2-3-8-19(15)26/h2-8,11-13H,9-10H2,1H3,(H,24,27)(H,25,28). The van der Waals surface area contributed by atoms with Crippen LogP contribution in [0.3, 0.4) is 0 Å². The van der Waals surface area contributed by atoms with Crippen molar-refractivity contribution in [2.24, 2.45) is 0 Å². The lowest BCUT2D eigenvalue weighted by atomic mass is 10.2. The highest BCUT2D eigenvalue weighted by molar-refractivity contribution is 6.03. The zero-order chi connectivity index (χ0) is 19.5. The molecule has 0 aliphatic carbocycles. The van der Waals surface area contributed by atoms with Crippen LogP contribution < -0.4 is 15.5 Å². The van der Waals surface area contributed by atoms with Gasteiger partial charge in [0.05, 0.1) is 0 Å². The number of carbonyl (C=O) groups excluding carboxylic acids is 2. The van der Waals surface area contributed by atoms with Gasteiger partial charge in [0, 0.05) is 36.6 Å². The summed E-state index contributed by atoms with van der Waals surface area (Å²) in [5.41, 5.74) is 3.84. The molecule has 2 aromatic carbocycles. The lowest BCUT2D eigenvalue weighted by Gasteiger charge is -2.18. The van der Waals surface area contributed by atoms with Gasteiger partial charge in [-0.3, -0.25) is 9.59 Å². The van der Waals surface area contributed by atoms with Gasteiger partial charge in [0.1, 0.15) is 17.8 Å². The molecular formula is C21H19N5O2. The summed E-state index contributed by atoms with van der Waals surface area (Å²) in [7, 11) is 0. The van der Waals surface area contributed by atoms with Crippen molar-refractivity contribution in [1.29, 1.82) is 0 Å². The van der Waals surface area contributed by atoms with Gasteiger partial charge in [0.2, 0.25) is 5.91 Å². The molecule has 0 bridgehead atoms. The summed E-state index contributed by atoms with van der Waals surface area (Å²) < 4.78 is 0. The molecule has 1 aliphatic heterocycles. The van der Waals surface area contributed by atoms with Crippen LogP contribution in [-0.4, -0.2) is 28.3 Å². The van der Waals surface area contributed by atoms with Crippen LogP contribution in [0, 0.1) is 0 Å². The largest absolute Gasteiger partial charge is 0.326 e. The molecule has 2 heterocycles. The van der Waals surface area contributed by atoms with E-state index in [1.54, 1.807) is 30.3 Å². The van der Waals surface area contributed by atoms with Gasteiger partial charge < -0.3 is 15.5 Å². The summed E-state index contributed by atoms with van der Waals surface area (Å²) in [5, 5.41) is 5.50. The van der Waals surface area contributed by atoms with Crippen molar-refractivity contribution in [3.05, 3.63) is 72.2 Å². The Kier molecular flexibility index (Phi) is 4.72. The monoisotopic (exact) mass is 373 g/mol. The first kappa shape index (κ1) is 17.7. The van der Waals surface area contributed by atoms with Crippen LogP contribution in [0.4, 0.5) is 22.9 Å². The molecule has 3 aromatic rings. The van der Waals surface area contributed by atoms with Crippen molar-refractivity contribution in [2.45, 2.75) is 13.3 Å². The number of para-hydroxylation sites is 1. The van der Waals surface area contributed by atoms with E-state index in [1.807, 2.05) is 12.1 Å². The van der Waals surface area contributed by atoms with Gasteiger partial charge in [-0.05, 0) is 36.2 Å². The molecule has 0 saturated heterocycles. The molecule has 0 spiro atoms. The number of aromatic nitrogens is 2. The number of hydrogen-bond acceptors (Lipinski definition) is 5. The van der Waals surface area contributed by atoms with Crippen LogP contribution in [-0.2, 0) is 11.2 Å². The van der Waals surface area contributed by atoms with Crippen LogP contribution in [0.1, 0.15) is 23.0 Å². The van der Waals surface area contributed by atoms with Crippen molar-refractivity contribution < 1.29 is 9.59 Å². The van der Waals surface area contributed by atoms with Crippen LogP contribution in [0.15, 0.2) is 60.9 Å². The highest BCUT2D eigenvalue weighted by Crippen LogP contribution is 2.33. The molecular weight excluding hydrogens is 354 g/mol. The van der Waals surface area contributed by atoms with Gasteiger partial charge in [-0.25, -0.2) is 9.97 Å². The second kappa shape index (κ2) is 7.48. The third kappa shape index (κ3) is 3.68. The van der Waals surface area contributed by atoms with Crippen molar-refractivity contribution in [3.8, 4) is 0 Å². The summed E-state index contributed by atoms with van der Waals surface area (Å²) in [6, 6.07) is 16.8. The SMILES string of the molecule is CC(=O)Nc1cccc(NC(=O)c2cc(N3CCc4ccccc43)ncn2)c1. The van der Waals surface area contributed by atoms with E-state index < -0.39 is 0 Å². The summed E-state index contributed by atoms with van der Waals surface area (Å²) in [5.74, 6) is 0.183. The maximum absolute atomic E-state index is 12.7. The van der Waals surface area contributed by atoms with E-state index in [-0.39, 0.29) is 17.5 Å². The van der Waals surface area contributed by atoms with Crippen molar-refractivity contribution >= 4 is 34.7 Å². The third-order valence-electron chi connectivity index (χ3n) is 4.49. The Morgan fingerprint density at radius 3 is 2.57 bits per heavy atom. The molecule has 28 heavy (non-hydrogen) atoms. The predicted octanol–water partition coefficient (Wildman–Crippen LogP) is 3.38. The number of fused-ring (bicyclic) bond motifs is 1. The molecule has 0 fully saturated rings. The first-order valence-electron chi connectivity index (χ1n) is 8.96. The maximum Gasteiger partial charge on any atom is 0.274 e. The number of carbonyl (C=O) groups is 2. The van der Waals surface area contributed by atoms with E-state index in [9.17, 15) is 9.59 Å². The minimum Gasteiger partial charge on any atom is -0.326 e. The average Bonchev–Trinajstić information content (AvgIpc) is 3.12. The van der Waals surface area contributed by atoms with E-state index in [2.05, 4.69) is 37.6 Å². The number of rotatable bonds is 4. The van der Waals surface area contributed by atoms with Crippen molar-refractivity contribution in [1.82, 2.24) is 9.97 Å². The minimum atomic E-state index is -0.337. The first-order chi connectivity index (χ1) is 13.6. The van der Waals surface area contributed by atoms with Gasteiger partial charge >= 0.3 is 0 Å². The molecule has 0 atom stereocenters. The van der Waals surface area contributed by atoms with Crippen LogP contribution >= 0.6 is 0 Å². The van der Waals surface area contributed by atoms with Crippen LogP contribution in [0.5, 0.6) is 0 Å². The van der Waals surface area contributed by atoms with Gasteiger partial charge in [0.25, 0.3) is 5.91 Å². The van der Waals surface area contributed by atoms with E-state index >= 15 is 0 Å². The summed E-state index contributed by atoms with van der Waals surface area (Å²) in [6.07, 6.45) is 2.34. The lowest BCUT2D eigenvalue weighted by molar-refractivity contribution is -0.114. The highest BCUT2D eigenvalue weighted by atomic mass is 16.2. The Hall–Kier alpha value is -3.74. The Morgan fingerprint density at radius 1 is 0.964 bits per heavy atom. The summed E-state index contributed by atoms with van der Waals surface area (Å²) in [4.78, 5) is 34.4. The average molecular weight is 373 g/mol. The smallest absolute Gasteiger partial charge is 0.274 e. The Labute approximate surface area is 162 Å². The van der Waals surface area contributed by atoms with E-state index in [0.29, 0.717) is 17.2 Å². The number of nitrogens with one attached hydrogen (secondary N) is 2. The Bertz CT molecular complexity index is 1050. The molecule has 7 heteroatoms. The fourth-order valence-electron chi connectivity index (χ4n) is 3.27. The predicted molar refractivity (Wildman–Crippen MR) is 108 cm³/mol. The van der Waals surface area contributed by atoms with Gasteiger partial charge in [-0.1, -0.05) is 24.3 Å². The van der Waals surface area contributed by atoms with Crippen molar-refractivity contribution in [2.75, 3.05) is 22.1 Å². The highest BCUT2D eigenvalue weighted by Gasteiger charge is 2.22. The molecule has 0 unspecified atom stereocenters. The maximum atomic E-state index is 12.7. The Morgan fingerprint density at radius 2 is 1.75 bits per heavy atom. The molecule has 0 radical (unpaired) electrons. The quantitative estimate of drug-likeness (QED) is 0.732. The van der Waals surface area contributed by atoms with E-state index in [4.69, 9.17) is 0 Å². The minimum absolute atomic E-state index is 0.171. The fourth-order valence-corrected chi connectivity index (χ4v) is 3.27. The zero-order valence-corrected chi connectivity index (χ0v) is 15.3. The van der Waals surface area contributed by atoms with Gasteiger partial charge in [-0.2, -0.15) is 0 Å². The second-order valence-corrected chi connectivity index (χ2v) is 6.51.